The third-order valence-electron chi connectivity index (χ3n) is 6.75. The molecule has 0 saturated carbocycles. The van der Waals surface area contributed by atoms with Gasteiger partial charge in [0.25, 0.3) is 0 Å². The van der Waals surface area contributed by atoms with Crippen molar-refractivity contribution in [1.29, 1.82) is 0 Å². The number of fused-ring (bicyclic) bond motifs is 1. The normalized spacial score (nSPS) is 11.8. The Morgan fingerprint density at radius 1 is 0.800 bits per heavy atom. The molecule has 0 amide bonds. The first-order chi connectivity index (χ1) is 19.5. The van der Waals surface area contributed by atoms with E-state index >= 15 is 0 Å². The Hall–Kier alpha value is -2.95. The molecule has 0 radical (unpaired) electrons. The third kappa shape index (κ3) is 12.5. The van der Waals surface area contributed by atoms with Crippen LogP contribution in [0.2, 0.25) is 0 Å². The minimum atomic E-state index is -0.519. The third-order valence-corrected chi connectivity index (χ3v) is 6.75. The standard InChI is InChI=1S/C35H52O5/c1-6-8-10-12-13-14-15-17-26-38-34-33(39-27-24-29(5)21-18-20-28(3)4)32-30(37-25-16-11-9-7-2)22-19-23-31(32)40-35(34)36/h9,11,19-20,22-24H,6-8,10,12-18,21,25-27H2,1-5H3. The lowest BCUT2D eigenvalue weighted by atomic mass is 10.1. The van der Waals surface area contributed by atoms with Crippen molar-refractivity contribution in [3.8, 4) is 17.2 Å². The number of hydrogen-bond acceptors (Lipinski definition) is 5. The average Bonchev–Trinajstić information content (AvgIpc) is 2.92. The van der Waals surface area contributed by atoms with Gasteiger partial charge in [-0.1, -0.05) is 94.2 Å². The van der Waals surface area contributed by atoms with Crippen LogP contribution in [0.3, 0.4) is 0 Å². The molecule has 40 heavy (non-hydrogen) atoms. The van der Waals surface area contributed by atoms with E-state index in [1.807, 2.05) is 12.1 Å². The number of hydrogen-bond donors (Lipinski definition) is 0. The van der Waals surface area contributed by atoms with Gasteiger partial charge in [0.2, 0.25) is 5.75 Å². The van der Waals surface area contributed by atoms with E-state index in [1.165, 1.54) is 49.7 Å². The molecule has 0 aliphatic heterocycles. The van der Waals surface area contributed by atoms with Crippen molar-refractivity contribution in [3.05, 3.63) is 64.1 Å². The van der Waals surface area contributed by atoms with E-state index in [9.17, 15) is 4.79 Å². The van der Waals surface area contributed by atoms with Crippen molar-refractivity contribution in [1.82, 2.24) is 0 Å². The number of rotatable bonds is 21. The minimum Gasteiger partial charge on any atom is -0.492 e. The van der Waals surface area contributed by atoms with Crippen molar-refractivity contribution in [2.75, 3.05) is 19.8 Å². The van der Waals surface area contributed by atoms with Crippen molar-refractivity contribution in [3.63, 3.8) is 0 Å². The zero-order chi connectivity index (χ0) is 29.0. The fraction of sp³-hybridized carbons (Fsp3) is 0.571. The van der Waals surface area contributed by atoms with E-state index in [-0.39, 0.29) is 5.75 Å². The van der Waals surface area contributed by atoms with Gasteiger partial charge in [-0.15, -0.1) is 0 Å². The zero-order valence-electron chi connectivity index (χ0n) is 25.7. The molecule has 0 aliphatic rings. The van der Waals surface area contributed by atoms with Crippen molar-refractivity contribution in [2.45, 2.75) is 112 Å². The lowest BCUT2D eigenvalue weighted by Crippen LogP contribution is -2.12. The Morgan fingerprint density at radius 2 is 1.55 bits per heavy atom. The lowest BCUT2D eigenvalue weighted by Gasteiger charge is -2.16. The summed E-state index contributed by atoms with van der Waals surface area (Å²) in [7, 11) is 0. The molecular formula is C35H52O5. The van der Waals surface area contributed by atoms with Gasteiger partial charge in [-0.3, -0.25) is 0 Å². The fourth-order valence-corrected chi connectivity index (χ4v) is 4.44. The molecule has 1 aromatic carbocycles. The zero-order valence-corrected chi connectivity index (χ0v) is 25.7. The van der Waals surface area contributed by atoms with Crippen LogP contribution in [-0.4, -0.2) is 19.8 Å². The molecule has 0 bridgehead atoms. The molecule has 0 fully saturated rings. The Kier molecular flexibility index (Phi) is 16.6. The quantitative estimate of drug-likeness (QED) is 0.0876. The van der Waals surface area contributed by atoms with Gasteiger partial charge in [-0.05, 0) is 71.1 Å². The molecule has 222 valence electrons. The van der Waals surface area contributed by atoms with Gasteiger partial charge < -0.3 is 18.6 Å². The molecule has 0 atom stereocenters. The first kappa shape index (κ1) is 33.3. The summed E-state index contributed by atoms with van der Waals surface area (Å²) in [5.41, 5.74) is 2.48. The van der Waals surface area contributed by atoms with Gasteiger partial charge in [0, 0.05) is 0 Å². The summed E-state index contributed by atoms with van der Waals surface area (Å²) in [6.07, 6.45) is 21.9. The van der Waals surface area contributed by atoms with E-state index < -0.39 is 5.63 Å². The number of unbranched alkanes of at least 4 members (excludes halogenated alkanes) is 7. The predicted octanol–water partition coefficient (Wildman–Crippen LogP) is 10.1. The summed E-state index contributed by atoms with van der Waals surface area (Å²) in [5.74, 6) is 1.16. The van der Waals surface area contributed by atoms with Crippen LogP contribution in [0.15, 0.2) is 62.9 Å². The highest BCUT2D eigenvalue weighted by atomic mass is 16.5. The average molecular weight is 553 g/mol. The first-order valence-electron chi connectivity index (χ1n) is 15.4. The number of allylic oxidation sites excluding steroid dienone is 4. The molecule has 2 rings (SSSR count). The van der Waals surface area contributed by atoms with Gasteiger partial charge in [-0.25, -0.2) is 4.79 Å². The number of ether oxygens (including phenoxy) is 3. The van der Waals surface area contributed by atoms with Crippen LogP contribution in [0.4, 0.5) is 0 Å². The summed E-state index contributed by atoms with van der Waals surface area (Å²) in [4.78, 5) is 13.0. The van der Waals surface area contributed by atoms with Gasteiger partial charge >= 0.3 is 5.63 Å². The molecule has 1 aromatic heterocycles. The maximum atomic E-state index is 13.0. The van der Waals surface area contributed by atoms with Crippen LogP contribution in [-0.2, 0) is 0 Å². The van der Waals surface area contributed by atoms with Crippen molar-refractivity contribution < 1.29 is 18.6 Å². The number of benzene rings is 1. The molecule has 0 N–H and O–H groups in total. The van der Waals surface area contributed by atoms with Gasteiger partial charge in [0.05, 0.1) is 13.2 Å². The summed E-state index contributed by atoms with van der Waals surface area (Å²) < 4.78 is 24.1. The smallest absolute Gasteiger partial charge is 0.383 e. The second kappa shape index (κ2) is 20.0. The predicted molar refractivity (Wildman–Crippen MR) is 168 cm³/mol. The molecule has 0 aliphatic carbocycles. The topological polar surface area (TPSA) is 57.9 Å². The van der Waals surface area contributed by atoms with Crippen LogP contribution in [0, 0.1) is 0 Å². The SMILES string of the molecule is CCC=CCCOc1cccc2oc(=O)c(OCCCCCCCCCC)c(OCC=C(C)CCC=C(C)C)c12. The molecule has 0 unspecified atom stereocenters. The molecule has 1 heterocycles. The van der Waals surface area contributed by atoms with Gasteiger partial charge in [-0.2, -0.15) is 0 Å². The Balaban J connectivity index is 2.21. The monoisotopic (exact) mass is 552 g/mol. The Labute approximate surface area is 242 Å². The van der Waals surface area contributed by atoms with Crippen LogP contribution in [0.25, 0.3) is 11.0 Å². The second-order valence-electron chi connectivity index (χ2n) is 10.7. The molecule has 0 saturated heterocycles. The minimum absolute atomic E-state index is 0.132. The van der Waals surface area contributed by atoms with Crippen LogP contribution < -0.4 is 19.8 Å². The maximum absolute atomic E-state index is 13.0. The van der Waals surface area contributed by atoms with Crippen LogP contribution in [0.5, 0.6) is 17.2 Å². The Bertz CT molecular complexity index is 1130. The van der Waals surface area contributed by atoms with Gasteiger partial charge in [0.15, 0.2) is 5.75 Å². The molecular weight excluding hydrogens is 500 g/mol. The molecule has 5 heteroatoms. The first-order valence-corrected chi connectivity index (χ1v) is 15.4. The second-order valence-corrected chi connectivity index (χ2v) is 10.7. The molecule has 5 nitrogen and oxygen atoms in total. The summed E-state index contributed by atoms with van der Waals surface area (Å²) in [5, 5.41) is 0.642. The largest absolute Gasteiger partial charge is 0.492 e. The molecule has 2 aromatic rings. The van der Waals surface area contributed by atoms with Crippen LogP contribution in [0.1, 0.15) is 112 Å². The van der Waals surface area contributed by atoms with Crippen molar-refractivity contribution in [2.24, 2.45) is 0 Å². The van der Waals surface area contributed by atoms with E-state index in [4.69, 9.17) is 18.6 Å². The van der Waals surface area contributed by atoms with E-state index in [0.29, 0.717) is 42.3 Å². The lowest BCUT2D eigenvalue weighted by molar-refractivity contribution is 0.263. The summed E-state index contributed by atoms with van der Waals surface area (Å²) in [6, 6.07) is 5.50. The maximum Gasteiger partial charge on any atom is 0.383 e. The van der Waals surface area contributed by atoms with E-state index in [0.717, 1.165) is 38.5 Å². The van der Waals surface area contributed by atoms with E-state index in [1.54, 1.807) is 6.07 Å². The van der Waals surface area contributed by atoms with Crippen molar-refractivity contribution >= 4 is 11.0 Å². The fourth-order valence-electron chi connectivity index (χ4n) is 4.44. The highest BCUT2D eigenvalue weighted by Gasteiger charge is 2.21. The van der Waals surface area contributed by atoms with Crippen LogP contribution >= 0.6 is 0 Å². The highest BCUT2D eigenvalue weighted by molar-refractivity contribution is 5.91. The molecule has 0 spiro atoms. The highest BCUT2D eigenvalue weighted by Crippen LogP contribution is 2.39. The Morgan fingerprint density at radius 3 is 2.27 bits per heavy atom. The summed E-state index contributed by atoms with van der Waals surface area (Å²) in [6.45, 7) is 12.0. The van der Waals surface area contributed by atoms with Gasteiger partial charge in [0.1, 0.15) is 23.3 Å². The summed E-state index contributed by atoms with van der Waals surface area (Å²) >= 11 is 0. The van der Waals surface area contributed by atoms with E-state index in [2.05, 4.69) is 58.9 Å².